The van der Waals surface area contributed by atoms with Crippen molar-refractivity contribution in [2.75, 3.05) is 12.5 Å². The van der Waals surface area contributed by atoms with E-state index in [1.807, 2.05) is 0 Å². The Morgan fingerprint density at radius 1 is 1.67 bits per heavy atom. The molecule has 4 heteroatoms. The number of rotatable bonds is 5. The fourth-order valence-corrected chi connectivity index (χ4v) is 2.09. The maximum absolute atomic E-state index is 11.8. The van der Waals surface area contributed by atoms with Crippen molar-refractivity contribution in [3.8, 4) is 0 Å². The summed E-state index contributed by atoms with van der Waals surface area (Å²) in [4.78, 5) is 11.8. The highest BCUT2D eigenvalue weighted by Gasteiger charge is 2.31. The van der Waals surface area contributed by atoms with Gasteiger partial charge in [-0.15, -0.1) is 11.6 Å². The van der Waals surface area contributed by atoms with Crippen LogP contribution in [0.2, 0.25) is 0 Å². The van der Waals surface area contributed by atoms with Gasteiger partial charge in [0, 0.05) is 18.5 Å². The number of nitrogens with one attached hydrogen (secondary N) is 1. The summed E-state index contributed by atoms with van der Waals surface area (Å²) in [5.41, 5.74) is 0. The van der Waals surface area contributed by atoms with Gasteiger partial charge in [-0.25, -0.2) is 0 Å². The summed E-state index contributed by atoms with van der Waals surface area (Å²) < 4.78 is 5.41. The number of carbonyl (C=O) groups is 1. The normalized spacial score (nSPS) is 27.7. The Labute approximate surface area is 96.5 Å². The highest BCUT2D eigenvalue weighted by Crippen LogP contribution is 2.20. The molecular formula is C11H20ClNO2. The molecule has 0 aromatic heterocycles. The molecule has 1 fully saturated rings. The summed E-state index contributed by atoms with van der Waals surface area (Å²) in [6.45, 7) is 4.81. The molecule has 0 spiro atoms. The molecule has 1 rings (SSSR count). The van der Waals surface area contributed by atoms with Crippen molar-refractivity contribution in [1.82, 2.24) is 5.32 Å². The number of hydrogen-bond acceptors (Lipinski definition) is 2. The quantitative estimate of drug-likeness (QED) is 0.737. The first-order chi connectivity index (χ1) is 7.19. The minimum atomic E-state index is -0.255. The molecule has 3 unspecified atom stereocenters. The van der Waals surface area contributed by atoms with Gasteiger partial charge in [-0.3, -0.25) is 4.79 Å². The Balaban J connectivity index is 2.39. The Hall–Kier alpha value is -0.280. The molecule has 0 radical (unpaired) electrons. The van der Waals surface area contributed by atoms with Gasteiger partial charge in [-0.2, -0.15) is 0 Å². The SMILES string of the molecule is CCC(CCCl)NC(=O)C1OCCC1C. The maximum Gasteiger partial charge on any atom is 0.249 e. The lowest BCUT2D eigenvalue weighted by Gasteiger charge is -2.20. The zero-order chi connectivity index (χ0) is 11.3. The van der Waals surface area contributed by atoms with Crippen LogP contribution in [-0.2, 0) is 9.53 Å². The summed E-state index contributed by atoms with van der Waals surface area (Å²) in [5, 5.41) is 2.99. The zero-order valence-electron chi connectivity index (χ0n) is 9.46. The van der Waals surface area contributed by atoms with Crippen LogP contribution in [0.1, 0.15) is 33.1 Å². The van der Waals surface area contributed by atoms with E-state index in [1.54, 1.807) is 0 Å². The number of carbonyl (C=O) groups excluding carboxylic acids is 1. The fourth-order valence-electron chi connectivity index (χ4n) is 1.82. The third-order valence-electron chi connectivity index (χ3n) is 2.94. The predicted octanol–water partition coefficient (Wildman–Crippen LogP) is 1.94. The maximum atomic E-state index is 11.8. The number of amides is 1. The fraction of sp³-hybridized carbons (Fsp3) is 0.909. The Kier molecular flexibility index (Phi) is 5.40. The third-order valence-corrected chi connectivity index (χ3v) is 3.16. The lowest BCUT2D eigenvalue weighted by atomic mass is 10.0. The van der Waals surface area contributed by atoms with Crippen molar-refractivity contribution in [1.29, 1.82) is 0 Å². The van der Waals surface area contributed by atoms with Crippen LogP contribution in [-0.4, -0.2) is 30.5 Å². The smallest absolute Gasteiger partial charge is 0.249 e. The van der Waals surface area contributed by atoms with Crippen molar-refractivity contribution >= 4 is 17.5 Å². The van der Waals surface area contributed by atoms with Crippen LogP contribution in [0.3, 0.4) is 0 Å². The molecule has 3 atom stereocenters. The van der Waals surface area contributed by atoms with Gasteiger partial charge in [0.05, 0.1) is 0 Å². The number of alkyl halides is 1. The number of hydrogen-bond donors (Lipinski definition) is 1. The first kappa shape index (κ1) is 12.8. The van der Waals surface area contributed by atoms with Gasteiger partial charge < -0.3 is 10.1 Å². The second-order valence-electron chi connectivity index (χ2n) is 4.15. The van der Waals surface area contributed by atoms with E-state index in [0.29, 0.717) is 18.4 Å². The molecule has 0 aromatic carbocycles. The van der Waals surface area contributed by atoms with E-state index in [9.17, 15) is 4.79 Å². The Morgan fingerprint density at radius 2 is 2.40 bits per heavy atom. The summed E-state index contributed by atoms with van der Waals surface area (Å²) >= 11 is 5.66. The van der Waals surface area contributed by atoms with Gasteiger partial charge in [0.2, 0.25) is 5.91 Å². The van der Waals surface area contributed by atoms with Crippen LogP contribution in [0.25, 0.3) is 0 Å². The molecule has 88 valence electrons. The monoisotopic (exact) mass is 233 g/mol. The highest BCUT2D eigenvalue weighted by atomic mass is 35.5. The molecule has 1 aliphatic rings. The van der Waals surface area contributed by atoms with Gasteiger partial charge in [0.1, 0.15) is 6.10 Å². The van der Waals surface area contributed by atoms with Gasteiger partial charge in [0.25, 0.3) is 0 Å². The van der Waals surface area contributed by atoms with Crippen molar-refractivity contribution in [3.63, 3.8) is 0 Å². The van der Waals surface area contributed by atoms with Crippen molar-refractivity contribution < 1.29 is 9.53 Å². The number of halogens is 1. The molecule has 1 aliphatic heterocycles. The van der Waals surface area contributed by atoms with E-state index in [4.69, 9.17) is 16.3 Å². The molecule has 1 amide bonds. The molecule has 15 heavy (non-hydrogen) atoms. The van der Waals surface area contributed by atoms with Crippen molar-refractivity contribution in [2.24, 2.45) is 5.92 Å². The first-order valence-electron chi connectivity index (χ1n) is 5.67. The van der Waals surface area contributed by atoms with E-state index in [1.165, 1.54) is 0 Å². The van der Waals surface area contributed by atoms with Crippen molar-refractivity contribution in [3.05, 3.63) is 0 Å². The molecule has 0 bridgehead atoms. The molecule has 0 aromatic rings. The summed E-state index contributed by atoms with van der Waals surface area (Å²) in [7, 11) is 0. The second-order valence-corrected chi connectivity index (χ2v) is 4.53. The number of ether oxygens (including phenoxy) is 1. The van der Waals surface area contributed by atoms with Crippen LogP contribution in [0.4, 0.5) is 0 Å². The minimum Gasteiger partial charge on any atom is -0.368 e. The van der Waals surface area contributed by atoms with Crippen LogP contribution in [0.15, 0.2) is 0 Å². The standard InChI is InChI=1S/C11H20ClNO2/c1-3-9(4-6-12)13-11(14)10-8(2)5-7-15-10/h8-10H,3-7H2,1-2H3,(H,13,14). The summed E-state index contributed by atoms with van der Waals surface area (Å²) in [5.74, 6) is 0.940. The molecule has 0 saturated carbocycles. The van der Waals surface area contributed by atoms with Crippen LogP contribution in [0.5, 0.6) is 0 Å². The lowest BCUT2D eigenvalue weighted by Crippen LogP contribution is -2.43. The van der Waals surface area contributed by atoms with E-state index in [2.05, 4.69) is 19.2 Å². The molecule has 3 nitrogen and oxygen atoms in total. The van der Waals surface area contributed by atoms with Crippen LogP contribution < -0.4 is 5.32 Å². The van der Waals surface area contributed by atoms with Gasteiger partial charge in [-0.1, -0.05) is 13.8 Å². The summed E-state index contributed by atoms with van der Waals surface area (Å²) in [6.07, 6.45) is 2.46. The Morgan fingerprint density at radius 3 is 2.87 bits per heavy atom. The third kappa shape index (κ3) is 3.65. The lowest BCUT2D eigenvalue weighted by molar-refractivity contribution is -0.132. The van der Waals surface area contributed by atoms with Gasteiger partial charge >= 0.3 is 0 Å². The molecule has 0 aliphatic carbocycles. The Bertz CT molecular complexity index is 211. The van der Waals surface area contributed by atoms with E-state index < -0.39 is 0 Å². The molecular weight excluding hydrogens is 214 g/mol. The second kappa shape index (κ2) is 6.33. The largest absolute Gasteiger partial charge is 0.368 e. The molecule has 1 saturated heterocycles. The minimum absolute atomic E-state index is 0.0250. The van der Waals surface area contributed by atoms with Crippen LogP contribution in [0, 0.1) is 5.92 Å². The summed E-state index contributed by atoms with van der Waals surface area (Å²) in [6, 6.07) is 0.186. The highest BCUT2D eigenvalue weighted by molar-refractivity contribution is 6.17. The zero-order valence-corrected chi connectivity index (χ0v) is 10.2. The molecule has 1 N–H and O–H groups in total. The predicted molar refractivity (Wildman–Crippen MR) is 61.1 cm³/mol. The first-order valence-corrected chi connectivity index (χ1v) is 6.20. The topological polar surface area (TPSA) is 38.3 Å². The van der Waals surface area contributed by atoms with Gasteiger partial charge in [0.15, 0.2) is 0 Å². The average Bonchev–Trinajstić information content (AvgIpc) is 2.63. The van der Waals surface area contributed by atoms with Crippen LogP contribution >= 0.6 is 11.6 Å². The van der Waals surface area contributed by atoms with Crippen molar-refractivity contribution in [2.45, 2.75) is 45.3 Å². The molecule has 1 heterocycles. The van der Waals surface area contributed by atoms with E-state index >= 15 is 0 Å². The van der Waals surface area contributed by atoms with E-state index in [-0.39, 0.29) is 18.1 Å². The van der Waals surface area contributed by atoms with Gasteiger partial charge in [-0.05, 0) is 25.2 Å². The van der Waals surface area contributed by atoms with E-state index in [0.717, 1.165) is 19.3 Å². The average molecular weight is 234 g/mol.